The van der Waals surface area contributed by atoms with Gasteiger partial charge in [-0.1, -0.05) is 35.5 Å². The zero-order valence-electron chi connectivity index (χ0n) is 9.75. The highest BCUT2D eigenvalue weighted by molar-refractivity contribution is 5.88. The predicted octanol–water partition coefficient (Wildman–Crippen LogP) is 1.48. The lowest BCUT2D eigenvalue weighted by molar-refractivity contribution is 0.0464. The van der Waals surface area contributed by atoms with Crippen LogP contribution in [0.3, 0.4) is 0 Å². The average Bonchev–Trinajstić information content (AvgIpc) is 2.69. The van der Waals surface area contributed by atoms with Crippen molar-refractivity contribution in [3.63, 3.8) is 0 Å². The summed E-state index contributed by atoms with van der Waals surface area (Å²) in [4.78, 5) is 11.7. The van der Waals surface area contributed by atoms with Gasteiger partial charge < -0.3 is 4.74 Å². The van der Waals surface area contributed by atoms with Crippen LogP contribution in [-0.2, 0) is 18.4 Å². The summed E-state index contributed by atoms with van der Waals surface area (Å²) in [5, 5.41) is 7.52. The molecule has 0 unspecified atom stereocenters. The summed E-state index contributed by atoms with van der Waals surface area (Å²) in [6.07, 6.45) is 0. The fourth-order valence-electron chi connectivity index (χ4n) is 1.38. The second-order valence-corrected chi connectivity index (χ2v) is 3.71. The van der Waals surface area contributed by atoms with Gasteiger partial charge in [0.1, 0.15) is 6.61 Å². The SMILES string of the molecule is Cc1c(C(=O)OCc2ccccc2)nnn1C. The monoisotopic (exact) mass is 231 g/mol. The first-order chi connectivity index (χ1) is 8.18. The molecule has 1 aromatic carbocycles. The van der Waals surface area contributed by atoms with Gasteiger partial charge in [0, 0.05) is 7.05 Å². The number of carbonyl (C=O) groups is 1. The lowest BCUT2D eigenvalue weighted by atomic mass is 10.2. The van der Waals surface area contributed by atoms with Crippen LogP contribution in [-0.4, -0.2) is 21.0 Å². The van der Waals surface area contributed by atoms with Crippen molar-refractivity contribution >= 4 is 5.97 Å². The van der Waals surface area contributed by atoms with Crippen LogP contribution < -0.4 is 0 Å². The van der Waals surface area contributed by atoms with Crippen molar-refractivity contribution in [2.24, 2.45) is 7.05 Å². The van der Waals surface area contributed by atoms with Gasteiger partial charge in [-0.05, 0) is 12.5 Å². The van der Waals surface area contributed by atoms with E-state index in [-0.39, 0.29) is 12.3 Å². The van der Waals surface area contributed by atoms with Crippen molar-refractivity contribution in [2.75, 3.05) is 0 Å². The number of hydrogen-bond donors (Lipinski definition) is 0. The minimum Gasteiger partial charge on any atom is -0.456 e. The van der Waals surface area contributed by atoms with Crippen LogP contribution in [0.25, 0.3) is 0 Å². The summed E-state index contributed by atoms with van der Waals surface area (Å²) in [5.74, 6) is -0.445. The number of nitrogens with zero attached hydrogens (tertiary/aromatic N) is 3. The summed E-state index contributed by atoms with van der Waals surface area (Å²) in [7, 11) is 1.73. The highest BCUT2D eigenvalue weighted by atomic mass is 16.5. The lowest BCUT2D eigenvalue weighted by Crippen LogP contribution is -2.08. The second-order valence-electron chi connectivity index (χ2n) is 3.71. The molecule has 0 saturated carbocycles. The molecule has 0 bridgehead atoms. The summed E-state index contributed by atoms with van der Waals surface area (Å²) in [5.41, 5.74) is 1.91. The van der Waals surface area contributed by atoms with Crippen molar-refractivity contribution in [3.8, 4) is 0 Å². The smallest absolute Gasteiger partial charge is 0.361 e. The third kappa shape index (κ3) is 2.50. The minimum absolute atomic E-state index is 0.246. The van der Waals surface area contributed by atoms with Gasteiger partial charge in [-0.25, -0.2) is 4.79 Å². The van der Waals surface area contributed by atoms with Gasteiger partial charge in [0.25, 0.3) is 0 Å². The number of benzene rings is 1. The number of carbonyl (C=O) groups excluding carboxylic acids is 1. The number of hydrogen-bond acceptors (Lipinski definition) is 4. The van der Waals surface area contributed by atoms with Gasteiger partial charge >= 0.3 is 5.97 Å². The van der Waals surface area contributed by atoms with Crippen LogP contribution in [0.5, 0.6) is 0 Å². The maximum absolute atomic E-state index is 11.7. The van der Waals surface area contributed by atoms with Crippen LogP contribution in [0.1, 0.15) is 21.7 Å². The maximum atomic E-state index is 11.7. The highest BCUT2D eigenvalue weighted by Crippen LogP contribution is 2.07. The topological polar surface area (TPSA) is 57.0 Å². The molecule has 1 aromatic heterocycles. The molecule has 5 nitrogen and oxygen atoms in total. The van der Waals surface area contributed by atoms with Crippen LogP contribution in [0.4, 0.5) is 0 Å². The van der Waals surface area contributed by atoms with E-state index in [9.17, 15) is 4.79 Å². The van der Waals surface area contributed by atoms with E-state index in [2.05, 4.69) is 10.3 Å². The fourth-order valence-corrected chi connectivity index (χ4v) is 1.38. The average molecular weight is 231 g/mol. The Kier molecular flexibility index (Phi) is 3.18. The number of aryl methyl sites for hydroxylation is 1. The van der Waals surface area contributed by atoms with E-state index < -0.39 is 5.97 Å². The Bertz CT molecular complexity index is 520. The molecule has 5 heteroatoms. The van der Waals surface area contributed by atoms with E-state index in [1.165, 1.54) is 0 Å². The first-order valence-electron chi connectivity index (χ1n) is 5.26. The molecule has 0 saturated heterocycles. The predicted molar refractivity (Wildman–Crippen MR) is 61.3 cm³/mol. The molecule has 2 aromatic rings. The zero-order valence-corrected chi connectivity index (χ0v) is 9.75. The normalized spacial score (nSPS) is 10.2. The molecule has 0 fully saturated rings. The Morgan fingerprint density at radius 2 is 2.06 bits per heavy atom. The summed E-state index contributed by atoms with van der Waals surface area (Å²) < 4.78 is 6.69. The minimum atomic E-state index is -0.445. The maximum Gasteiger partial charge on any atom is 0.361 e. The van der Waals surface area contributed by atoms with Crippen molar-refractivity contribution in [1.82, 2.24) is 15.0 Å². The van der Waals surface area contributed by atoms with Crippen molar-refractivity contribution < 1.29 is 9.53 Å². The Hall–Kier alpha value is -2.17. The van der Waals surface area contributed by atoms with Gasteiger partial charge in [-0.3, -0.25) is 4.68 Å². The number of ether oxygens (including phenoxy) is 1. The van der Waals surface area contributed by atoms with Crippen LogP contribution >= 0.6 is 0 Å². The molecular formula is C12H13N3O2. The lowest BCUT2D eigenvalue weighted by Gasteiger charge is -2.03. The van der Waals surface area contributed by atoms with Gasteiger partial charge in [0.15, 0.2) is 5.69 Å². The standard InChI is InChI=1S/C12H13N3O2/c1-9-11(13-14-15(9)2)12(16)17-8-10-6-4-3-5-7-10/h3-7H,8H2,1-2H3. The first-order valence-corrected chi connectivity index (χ1v) is 5.26. The quantitative estimate of drug-likeness (QED) is 0.751. The van der Waals surface area contributed by atoms with E-state index in [1.807, 2.05) is 30.3 Å². The van der Waals surface area contributed by atoms with Gasteiger partial charge in [-0.2, -0.15) is 0 Å². The Morgan fingerprint density at radius 1 is 1.35 bits per heavy atom. The van der Waals surface area contributed by atoms with E-state index in [0.717, 1.165) is 5.56 Å². The molecule has 0 aliphatic heterocycles. The number of aromatic nitrogens is 3. The Morgan fingerprint density at radius 3 is 2.65 bits per heavy atom. The fraction of sp³-hybridized carbons (Fsp3) is 0.250. The van der Waals surface area contributed by atoms with E-state index >= 15 is 0 Å². The molecule has 0 radical (unpaired) electrons. The molecule has 1 heterocycles. The largest absolute Gasteiger partial charge is 0.456 e. The van der Waals surface area contributed by atoms with E-state index in [0.29, 0.717) is 5.69 Å². The molecule has 2 rings (SSSR count). The highest BCUT2D eigenvalue weighted by Gasteiger charge is 2.16. The Labute approximate surface area is 99.0 Å². The van der Waals surface area contributed by atoms with Crippen molar-refractivity contribution in [1.29, 1.82) is 0 Å². The van der Waals surface area contributed by atoms with Crippen LogP contribution in [0.15, 0.2) is 30.3 Å². The summed E-state index contributed by atoms with van der Waals surface area (Å²) in [6.45, 7) is 2.02. The molecule has 0 N–H and O–H groups in total. The third-order valence-electron chi connectivity index (χ3n) is 2.51. The van der Waals surface area contributed by atoms with Crippen LogP contribution in [0, 0.1) is 6.92 Å². The van der Waals surface area contributed by atoms with E-state index in [4.69, 9.17) is 4.74 Å². The van der Waals surface area contributed by atoms with Crippen molar-refractivity contribution in [2.45, 2.75) is 13.5 Å². The van der Waals surface area contributed by atoms with Crippen LogP contribution in [0.2, 0.25) is 0 Å². The molecule has 0 aliphatic carbocycles. The molecule has 88 valence electrons. The van der Waals surface area contributed by atoms with Crippen molar-refractivity contribution in [3.05, 3.63) is 47.3 Å². The zero-order chi connectivity index (χ0) is 12.3. The Balaban J connectivity index is 2.01. The summed E-state index contributed by atoms with van der Waals surface area (Å²) in [6, 6.07) is 9.51. The molecule has 0 amide bonds. The molecule has 17 heavy (non-hydrogen) atoms. The second kappa shape index (κ2) is 4.78. The third-order valence-corrected chi connectivity index (χ3v) is 2.51. The van der Waals surface area contributed by atoms with Gasteiger partial charge in [0.05, 0.1) is 5.69 Å². The summed E-state index contributed by atoms with van der Waals surface area (Å²) >= 11 is 0. The number of esters is 1. The van der Waals surface area contributed by atoms with Gasteiger partial charge in [-0.15, -0.1) is 5.10 Å². The molecule has 0 aliphatic rings. The number of rotatable bonds is 3. The first kappa shape index (κ1) is 11.3. The molecular weight excluding hydrogens is 218 g/mol. The van der Waals surface area contributed by atoms with E-state index in [1.54, 1.807) is 18.7 Å². The van der Waals surface area contributed by atoms with Gasteiger partial charge in [0.2, 0.25) is 0 Å². The molecule has 0 atom stereocenters. The molecule has 0 spiro atoms.